The Balaban J connectivity index is 1.63. The van der Waals surface area contributed by atoms with E-state index in [-0.39, 0.29) is 17.7 Å². The molecule has 1 fully saturated rings. The highest BCUT2D eigenvalue weighted by molar-refractivity contribution is 7.17. The number of nitrogens with one attached hydrogen (secondary N) is 1. The first kappa shape index (κ1) is 16.3. The van der Waals surface area contributed by atoms with E-state index in [0.29, 0.717) is 17.0 Å². The number of amides is 2. The van der Waals surface area contributed by atoms with E-state index in [4.69, 9.17) is 5.73 Å². The number of fused-ring (bicyclic) bond motifs is 3. The number of carbonyl (C=O) groups is 3. The van der Waals surface area contributed by atoms with Crippen LogP contribution in [0, 0.1) is 23.7 Å². The van der Waals surface area contributed by atoms with Crippen molar-refractivity contribution in [3.63, 3.8) is 0 Å². The van der Waals surface area contributed by atoms with E-state index in [1.165, 1.54) is 11.3 Å². The van der Waals surface area contributed by atoms with Gasteiger partial charge in [-0.15, -0.1) is 11.3 Å². The number of allylic oxidation sites excluding steroid dienone is 2. The zero-order valence-electron chi connectivity index (χ0n) is 13.7. The Morgan fingerprint density at radius 3 is 2.48 bits per heavy atom. The summed E-state index contributed by atoms with van der Waals surface area (Å²) in [6.45, 7) is 0. The van der Waals surface area contributed by atoms with Crippen molar-refractivity contribution >= 4 is 34.1 Å². The van der Waals surface area contributed by atoms with Crippen molar-refractivity contribution in [1.82, 2.24) is 0 Å². The second kappa shape index (κ2) is 5.98. The van der Waals surface area contributed by atoms with Crippen LogP contribution in [0.1, 0.15) is 40.1 Å². The first-order chi connectivity index (χ1) is 12.0. The third-order valence-corrected chi connectivity index (χ3v) is 6.91. The standard InChI is InChI=1S/C18H20N2O4S/c19-15(21)14-10-3-1-2-4-11(10)25-17(14)20-16(22)12-8-5-6-9(7-8)13(12)18(23)24/h5-6,8-9,12-13H,1-4,7H2,(H2,19,21)(H,20,22)(H,23,24)/t8-,9+,12+,13+/m1/s1. The molecule has 0 saturated heterocycles. The molecule has 4 N–H and O–H groups in total. The fourth-order valence-corrected chi connectivity index (χ4v) is 5.92. The van der Waals surface area contributed by atoms with E-state index in [0.717, 1.165) is 36.1 Å². The predicted molar refractivity (Wildman–Crippen MR) is 93.5 cm³/mol. The smallest absolute Gasteiger partial charge is 0.307 e. The van der Waals surface area contributed by atoms with Crippen molar-refractivity contribution in [3.8, 4) is 0 Å². The average Bonchev–Trinajstić information content (AvgIpc) is 3.25. The van der Waals surface area contributed by atoms with Gasteiger partial charge in [-0.3, -0.25) is 14.4 Å². The summed E-state index contributed by atoms with van der Waals surface area (Å²) in [5, 5.41) is 12.8. The van der Waals surface area contributed by atoms with Crippen LogP contribution < -0.4 is 11.1 Å². The minimum absolute atomic E-state index is 0.0438. The highest BCUT2D eigenvalue weighted by atomic mass is 32.1. The minimum atomic E-state index is -0.933. The third-order valence-electron chi connectivity index (χ3n) is 5.70. The van der Waals surface area contributed by atoms with Crippen molar-refractivity contribution in [3.05, 3.63) is 28.2 Å². The SMILES string of the molecule is NC(=O)c1c(NC(=O)[C@@H]2[C@@H](C(=O)O)[C@H]3C=C[C@@H]2C3)sc2c1CCCC2. The molecule has 1 aromatic heterocycles. The second-order valence-corrected chi connectivity index (χ2v) is 8.21. The molecule has 0 aliphatic heterocycles. The first-order valence-corrected chi connectivity index (χ1v) is 9.45. The second-order valence-electron chi connectivity index (χ2n) is 7.11. The van der Waals surface area contributed by atoms with Gasteiger partial charge in [0.25, 0.3) is 5.91 Å². The molecule has 0 radical (unpaired) electrons. The van der Waals surface area contributed by atoms with Crippen molar-refractivity contribution < 1.29 is 19.5 Å². The van der Waals surface area contributed by atoms with E-state index in [1.807, 2.05) is 12.2 Å². The number of aryl methyl sites for hydroxylation is 1. The molecule has 25 heavy (non-hydrogen) atoms. The summed E-state index contributed by atoms with van der Waals surface area (Å²) in [6.07, 6.45) is 8.33. The Kier molecular flexibility index (Phi) is 3.91. The number of hydrogen-bond donors (Lipinski definition) is 3. The van der Waals surface area contributed by atoms with E-state index in [9.17, 15) is 19.5 Å². The van der Waals surface area contributed by atoms with Crippen LogP contribution >= 0.6 is 11.3 Å². The number of aliphatic carboxylic acids is 1. The molecule has 4 rings (SSSR count). The Morgan fingerprint density at radius 2 is 1.80 bits per heavy atom. The number of anilines is 1. The molecule has 0 spiro atoms. The van der Waals surface area contributed by atoms with Crippen LogP contribution in [-0.2, 0) is 22.4 Å². The molecule has 1 heterocycles. The summed E-state index contributed by atoms with van der Waals surface area (Å²) in [5.41, 5.74) is 6.93. The van der Waals surface area contributed by atoms with Crippen LogP contribution in [0.15, 0.2) is 12.2 Å². The lowest BCUT2D eigenvalue weighted by atomic mass is 9.82. The zero-order chi connectivity index (χ0) is 17.7. The molecule has 7 heteroatoms. The summed E-state index contributed by atoms with van der Waals surface area (Å²) in [7, 11) is 0. The van der Waals surface area contributed by atoms with E-state index in [2.05, 4.69) is 5.32 Å². The zero-order valence-corrected chi connectivity index (χ0v) is 14.5. The average molecular weight is 360 g/mol. The molecule has 1 aromatic rings. The molecule has 4 atom stereocenters. The minimum Gasteiger partial charge on any atom is -0.481 e. The van der Waals surface area contributed by atoms with Crippen LogP contribution in [-0.4, -0.2) is 22.9 Å². The number of hydrogen-bond acceptors (Lipinski definition) is 4. The van der Waals surface area contributed by atoms with Gasteiger partial charge in [0.1, 0.15) is 5.00 Å². The monoisotopic (exact) mass is 360 g/mol. The summed E-state index contributed by atoms with van der Waals surface area (Å²) in [5.74, 6) is -3.18. The number of rotatable bonds is 4. The maximum atomic E-state index is 12.9. The van der Waals surface area contributed by atoms with Gasteiger partial charge in [-0.1, -0.05) is 12.2 Å². The molecule has 3 aliphatic carbocycles. The van der Waals surface area contributed by atoms with Gasteiger partial charge in [0.2, 0.25) is 5.91 Å². The maximum absolute atomic E-state index is 12.9. The van der Waals surface area contributed by atoms with Crippen molar-refractivity contribution in [1.29, 1.82) is 0 Å². The Bertz CT molecular complexity index is 797. The number of nitrogens with two attached hydrogens (primary N) is 1. The summed E-state index contributed by atoms with van der Waals surface area (Å²) < 4.78 is 0. The van der Waals surface area contributed by atoms with E-state index < -0.39 is 23.7 Å². The molecule has 0 aromatic carbocycles. The largest absolute Gasteiger partial charge is 0.481 e. The molecule has 6 nitrogen and oxygen atoms in total. The van der Waals surface area contributed by atoms with Gasteiger partial charge in [0.05, 0.1) is 17.4 Å². The molecule has 3 aliphatic rings. The fourth-order valence-electron chi connectivity index (χ4n) is 4.63. The number of carboxylic acid groups (broad SMARTS) is 1. The number of thiophene rings is 1. The number of primary amides is 1. The molecule has 2 amide bonds. The molecule has 1 saturated carbocycles. The molecule has 132 valence electrons. The van der Waals surface area contributed by atoms with Crippen LogP contribution in [0.2, 0.25) is 0 Å². The first-order valence-electron chi connectivity index (χ1n) is 8.63. The Labute approximate surface area is 149 Å². The van der Waals surface area contributed by atoms with Crippen LogP contribution in [0.4, 0.5) is 5.00 Å². The van der Waals surface area contributed by atoms with Crippen LogP contribution in [0.3, 0.4) is 0 Å². The van der Waals surface area contributed by atoms with Gasteiger partial charge in [-0.25, -0.2) is 0 Å². The normalized spacial score (nSPS) is 29.4. The van der Waals surface area contributed by atoms with Crippen molar-refractivity contribution in [2.24, 2.45) is 29.4 Å². The maximum Gasteiger partial charge on any atom is 0.307 e. The summed E-state index contributed by atoms with van der Waals surface area (Å²) in [6, 6.07) is 0. The number of carboxylic acids is 1. The lowest BCUT2D eigenvalue weighted by Crippen LogP contribution is -2.36. The van der Waals surface area contributed by atoms with Crippen LogP contribution in [0.25, 0.3) is 0 Å². The predicted octanol–water partition coefficient (Wildman–Crippen LogP) is 2.19. The van der Waals surface area contributed by atoms with Crippen molar-refractivity contribution in [2.75, 3.05) is 5.32 Å². The Hall–Kier alpha value is -2.15. The summed E-state index contributed by atoms with van der Waals surface area (Å²) in [4.78, 5) is 37.5. The molecule has 2 bridgehead atoms. The quantitative estimate of drug-likeness (QED) is 0.715. The van der Waals surface area contributed by atoms with Crippen molar-refractivity contribution in [2.45, 2.75) is 32.1 Å². The van der Waals surface area contributed by atoms with Gasteiger partial charge < -0.3 is 16.2 Å². The summed E-state index contributed by atoms with van der Waals surface area (Å²) >= 11 is 1.41. The molecule has 0 unspecified atom stereocenters. The molecular formula is C18H20N2O4S. The number of carbonyl (C=O) groups excluding carboxylic acids is 2. The van der Waals surface area contributed by atoms with Gasteiger partial charge in [0, 0.05) is 4.88 Å². The van der Waals surface area contributed by atoms with E-state index in [1.54, 1.807) is 0 Å². The lowest BCUT2D eigenvalue weighted by molar-refractivity contribution is -0.146. The van der Waals surface area contributed by atoms with Crippen LogP contribution in [0.5, 0.6) is 0 Å². The van der Waals surface area contributed by atoms with E-state index >= 15 is 0 Å². The van der Waals surface area contributed by atoms with Gasteiger partial charge >= 0.3 is 5.97 Å². The fraction of sp³-hybridized carbons (Fsp3) is 0.500. The highest BCUT2D eigenvalue weighted by Gasteiger charge is 2.51. The molecular weight excluding hydrogens is 340 g/mol. The topological polar surface area (TPSA) is 109 Å². The third kappa shape index (κ3) is 2.57. The highest BCUT2D eigenvalue weighted by Crippen LogP contribution is 2.49. The van der Waals surface area contributed by atoms with Gasteiger partial charge in [-0.2, -0.15) is 0 Å². The lowest BCUT2D eigenvalue weighted by Gasteiger charge is -2.23. The van der Waals surface area contributed by atoms with Gasteiger partial charge in [0.15, 0.2) is 0 Å². The van der Waals surface area contributed by atoms with Gasteiger partial charge in [-0.05, 0) is 49.5 Å². The Morgan fingerprint density at radius 1 is 1.12 bits per heavy atom.